The lowest BCUT2D eigenvalue weighted by Crippen LogP contribution is -2.38. The fraction of sp³-hybridized carbons (Fsp3) is 0.440. The number of methoxy groups -OCH3 is 1. The number of hydrogen-bond acceptors (Lipinski definition) is 6. The number of benzene rings is 2. The maximum Gasteiger partial charge on any atom is 0.260 e. The highest BCUT2D eigenvalue weighted by Gasteiger charge is 2.22. The third-order valence-electron chi connectivity index (χ3n) is 5.84. The van der Waals surface area contributed by atoms with Crippen molar-refractivity contribution in [3.05, 3.63) is 48.0 Å². The molecule has 7 heteroatoms. The second kappa shape index (κ2) is 11.3. The first kappa shape index (κ1) is 24.0. The third kappa shape index (κ3) is 5.40. The number of aromatic nitrogens is 1. The molecule has 1 aromatic heterocycles. The van der Waals surface area contributed by atoms with Gasteiger partial charge in [0.1, 0.15) is 5.75 Å². The number of nitrogens with zero attached hydrogens (tertiary/aromatic N) is 4. The maximum absolute atomic E-state index is 13.6. The Balaban J connectivity index is 1.92. The molecule has 0 unspecified atom stereocenters. The average Bonchev–Trinajstić information content (AvgIpc) is 3.25. The minimum absolute atomic E-state index is 0.0192. The minimum Gasteiger partial charge on any atom is -0.497 e. The van der Waals surface area contributed by atoms with Crippen LogP contribution in [-0.4, -0.2) is 62.2 Å². The molecule has 0 fully saturated rings. The Hall–Kier alpha value is -2.64. The zero-order valence-electron chi connectivity index (χ0n) is 19.8. The highest BCUT2D eigenvalue weighted by Crippen LogP contribution is 2.32. The molecule has 1 heterocycles. The van der Waals surface area contributed by atoms with E-state index in [0.717, 1.165) is 59.5 Å². The number of amides is 1. The van der Waals surface area contributed by atoms with E-state index in [0.29, 0.717) is 12.1 Å². The maximum atomic E-state index is 13.6. The third-order valence-corrected chi connectivity index (χ3v) is 6.88. The van der Waals surface area contributed by atoms with Crippen LogP contribution in [0.1, 0.15) is 38.1 Å². The molecule has 172 valence electrons. The molecule has 0 aliphatic heterocycles. The molecule has 32 heavy (non-hydrogen) atoms. The van der Waals surface area contributed by atoms with E-state index >= 15 is 0 Å². The van der Waals surface area contributed by atoms with Crippen LogP contribution in [0.5, 0.6) is 5.75 Å². The summed E-state index contributed by atoms with van der Waals surface area (Å²) >= 11 is 1.53. The summed E-state index contributed by atoms with van der Waals surface area (Å²) < 4.78 is 6.36. The van der Waals surface area contributed by atoms with Crippen molar-refractivity contribution in [2.75, 3.05) is 56.2 Å². The van der Waals surface area contributed by atoms with Crippen LogP contribution in [0.2, 0.25) is 0 Å². The fourth-order valence-corrected chi connectivity index (χ4v) is 4.78. The standard InChI is InChI=1S/C25H34N4O2S/c1-6-27(7-2)16-17-29(25-26-22-15-14-21(31-5)18-23(22)32-25)24(30)19-10-12-20(13-11-19)28(8-3)9-4/h10-15,18H,6-9,16-17H2,1-5H3. The van der Waals surface area contributed by atoms with Crippen LogP contribution in [0.3, 0.4) is 0 Å². The molecule has 1 amide bonds. The van der Waals surface area contributed by atoms with Crippen LogP contribution >= 0.6 is 11.3 Å². The Kier molecular flexibility index (Phi) is 8.47. The summed E-state index contributed by atoms with van der Waals surface area (Å²) in [6, 6.07) is 13.7. The summed E-state index contributed by atoms with van der Waals surface area (Å²) in [5, 5.41) is 0.721. The summed E-state index contributed by atoms with van der Waals surface area (Å²) in [7, 11) is 1.66. The Bertz CT molecular complexity index is 1010. The van der Waals surface area contributed by atoms with Crippen molar-refractivity contribution >= 4 is 38.3 Å². The molecular formula is C25H34N4O2S. The first-order valence-electron chi connectivity index (χ1n) is 11.4. The summed E-state index contributed by atoms with van der Waals surface area (Å²) in [4.78, 5) is 24.8. The predicted molar refractivity (Wildman–Crippen MR) is 136 cm³/mol. The van der Waals surface area contributed by atoms with Gasteiger partial charge >= 0.3 is 0 Å². The largest absolute Gasteiger partial charge is 0.497 e. The Morgan fingerprint density at radius 2 is 1.62 bits per heavy atom. The molecule has 0 bridgehead atoms. The molecule has 0 spiro atoms. The lowest BCUT2D eigenvalue weighted by molar-refractivity contribution is 0.0984. The van der Waals surface area contributed by atoms with E-state index in [4.69, 9.17) is 9.72 Å². The van der Waals surface area contributed by atoms with E-state index in [9.17, 15) is 4.79 Å². The Labute approximate surface area is 195 Å². The molecule has 0 aliphatic rings. The lowest BCUT2D eigenvalue weighted by atomic mass is 10.1. The van der Waals surface area contributed by atoms with E-state index in [2.05, 4.69) is 37.5 Å². The number of fused-ring (bicyclic) bond motifs is 1. The molecule has 0 saturated heterocycles. The van der Waals surface area contributed by atoms with Gasteiger partial charge in [0, 0.05) is 37.4 Å². The monoisotopic (exact) mass is 454 g/mol. The normalized spacial score (nSPS) is 11.2. The van der Waals surface area contributed by atoms with Gasteiger partial charge in [0.25, 0.3) is 5.91 Å². The van der Waals surface area contributed by atoms with Gasteiger partial charge < -0.3 is 14.5 Å². The number of likely N-dealkylation sites (N-methyl/N-ethyl adjacent to an activating group) is 1. The van der Waals surface area contributed by atoms with Crippen molar-refractivity contribution in [1.82, 2.24) is 9.88 Å². The van der Waals surface area contributed by atoms with E-state index < -0.39 is 0 Å². The van der Waals surface area contributed by atoms with E-state index in [1.807, 2.05) is 47.4 Å². The first-order valence-corrected chi connectivity index (χ1v) is 12.2. The number of ether oxygens (including phenoxy) is 1. The Morgan fingerprint density at radius 3 is 2.22 bits per heavy atom. The van der Waals surface area contributed by atoms with Crippen LogP contribution in [-0.2, 0) is 0 Å². The van der Waals surface area contributed by atoms with Crippen molar-refractivity contribution in [2.24, 2.45) is 0 Å². The number of rotatable bonds is 11. The quantitative estimate of drug-likeness (QED) is 0.401. The van der Waals surface area contributed by atoms with Crippen molar-refractivity contribution in [3.63, 3.8) is 0 Å². The second-order valence-corrected chi connectivity index (χ2v) is 8.54. The number of anilines is 2. The van der Waals surface area contributed by atoms with E-state index in [-0.39, 0.29) is 5.91 Å². The van der Waals surface area contributed by atoms with E-state index in [1.54, 1.807) is 7.11 Å². The zero-order valence-corrected chi connectivity index (χ0v) is 20.6. The average molecular weight is 455 g/mol. The van der Waals surface area contributed by atoms with Gasteiger partial charge in [-0.2, -0.15) is 0 Å². The van der Waals surface area contributed by atoms with Gasteiger partial charge in [0.15, 0.2) is 5.13 Å². The van der Waals surface area contributed by atoms with Crippen molar-refractivity contribution in [3.8, 4) is 5.75 Å². The predicted octanol–water partition coefficient (Wildman–Crippen LogP) is 5.14. The van der Waals surface area contributed by atoms with Crippen molar-refractivity contribution in [2.45, 2.75) is 27.7 Å². The van der Waals surface area contributed by atoms with Crippen LogP contribution in [0.15, 0.2) is 42.5 Å². The molecule has 0 atom stereocenters. The van der Waals surface area contributed by atoms with Crippen molar-refractivity contribution in [1.29, 1.82) is 0 Å². The highest BCUT2D eigenvalue weighted by atomic mass is 32.1. The number of carbonyl (C=O) groups is 1. The summed E-state index contributed by atoms with van der Waals surface area (Å²) in [5.41, 5.74) is 2.69. The Morgan fingerprint density at radius 1 is 0.938 bits per heavy atom. The molecule has 3 aromatic rings. The molecule has 0 N–H and O–H groups in total. The van der Waals surface area contributed by atoms with Crippen LogP contribution < -0.4 is 14.5 Å². The van der Waals surface area contributed by atoms with Gasteiger partial charge in [-0.15, -0.1) is 0 Å². The highest BCUT2D eigenvalue weighted by molar-refractivity contribution is 7.22. The van der Waals surface area contributed by atoms with Gasteiger partial charge in [-0.25, -0.2) is 4.98 Å². The zero-order chi connectivity index (χ0) is 23.1. The van der Waals surface area contributed by atoms with Gasteiger partial charge in [-0.3, -0.25) is 9.69 Å². The van der Waals surface area contributed by atoms with Gasteiger partial charge in [-0.05, 0) is 69.4 Å². The van der Waals surface area contributed by atoms with E-state index in [1.165, 1.54) is 11.3 Å². The fourth-order valence-electron chi connectivity index (χ4n) is 3.76. The van der Waals surface area contributed by atoms with Gasteiger partial charge in [-0.1, -0.05) is 25.2 Å². The smallest absolute Gasteiger partial charge is 0.260 e. The van der Waals surface area contributed by atoms with Crippen LogP contribution in [0.4, 0.5) is 10.8 Å². The van der Waals surface area contributed by atoms with Gasteiger partial charge in [0.2, 0.25) is 0 Å². The molecule has 6 nitrogen and oxygen atoms in total. The summed E-state index contributed by atoms with van der Waals surface area (Å²) in [6.45, 7) is 13.7. The molecule has 2 aromatic carbocycles. The van der Waals surface area contributed by atoms with Gasteiger partial charge in [0.05, 0.1) is 17.3 Å². The topological polar surface area (TPSA) is 48.9 Å². The minimum atomic E-state index is -0.0192. The SMILES string of the molecule is CCN(CC)CCN(C(=O)c1ccc(N(CC)CC)cc1)c1nc2ccc(OC)cc2s1. The lowest BCUT2D eigenvalue weighted by Gasteiger charge is -2.25. The molecule has 3 rings (SSSR count). The van der Waals surface area contributed by atoms with Crippen molar-refractivity contribution < 1.29 is 9.53 Å². The second-order valence-electron chi connectivity index (χ2n) is 7.53. The summed E-state index contributed by atoms with van der Waals surface area (Å²) in [5.74, 6) is 0.773. The molecular weight excluding hydrogens is 420 g/mol. The van der Waals surface area contributed by atoms with Crippen LogP contribution in [0, 0.1) is 0 Å². The number of hydrogen-bond donors (Lipinski definition) is 0. The molecule has 0 saturated carbocycles. The van der Waals surface area contributed by atoms with Crippen LogP contribution in [0.25, 0.3) is 10.2 Å². The first-order chi connectivity index (χ1) is 15.5. The molecule has 0 radical (unpaired) electrons. The summed E-state index contributed by atoms with van der Waals surface area (Å²) in [6.07, 6.45) is 0. The number of carbonyl (C=O) groups excluding carboxylic acids is 1. The number of thiazole rings is 1. The molecule has 0 aliphatic carbocycles.